The van der Waals surface area contributed by atoms with E-state index in [2.05, 4.69) is 23.7 Å². The quantitative estimate of drug-likeness (QED) is 0.565. The topological polar surface area (TPSA) is 62.7 Å². The number of amides is 1. The Balaban J connectivity index is 1.43. The van der Waals surface area contributed by atoms with Gasteiger partial charge in [-0.1, -0.05) is 13.8 Å². The highest BCUT2D eigenvalue weighted by atomic mass is 19.4. The molecule has 0 N–H and O–H groups in total. The Morgan fingerprint density at radius 1 is 1.20 bits per heavy atom. The molecule has 2 atom stereocenters. The number of esters is 1. The second kappa shape index (κ2) is 10.1. The summed E-state index contributed by atoms with van der Waals surface area (Å²) in [7, 11) is 1.42. The molecule has 2 aliphatic heterocycles. The van der Waals surface area contributed by atoms with Crippen LogP contribution in [0.1, 0.15) is 69.2 Å². The smallest absolute Gasteiger partial charge is 0.417 e. The molecule has 2 fully saturated rings. The Morgan fingerprint density at radius 3 is 2.54 bits per heavy atom. The van der Waals surface area contributed by atoms with E-state index in [9.17, 15) is 22.8 Å². The predicted molar refractivity (Wildman–Crippen MR) is 124 cm³/mol. The van der Waals surface area contributed by atoms with E-state index in [1.165, 1.54) is 7.11 Å². The summed E-state index contributed by atoms with van der Waals surface area (Å²) in [5.74, 6) is 0.395. The largest absolute Gasteiger partial charge is 0.469 e. The number of alkyl halides is 3. The molecular formula is C26H36F3N3O3. The van der Waals surface area contributed by atoms with Gasteiger partial charge in [0, 0.05) is 43.9 Å². The van der Waals surface area contributed by atoms with Crippen LogP contribution in [0.25, 0.3) is 0 Å². The molecule has 1 saturated heterocycles. The molecule has 1 aromatic rings. The van der Waals surface area contributed by atoms with Gasteiger partial charge in [0.05, 0.1) is 18.1 Å². The van der Waals surface area contributed by atoms with Crippen LogP contribution in [0.15, 0.2) is 12.3 Å². The standard InChI is InChI=1S/C26H36F3N3O3/c1-17(2)25(8-4-21(14-25)31-9-5-18(6-10-31)12-23(33)35-3)24(34)32-11-7-22-19(16-32)13-20(15-30-22)26(27,28)29/h13,15,17-18,21H,4-12,14,16H2,1-3H3/t21?,25-/m0/s1. The van der Waals surface area contributed by atoms with Crippen molar-refractivity contribution in [3.8, 4) is 0 Å². The van der Waals surface area contributed by atoms with Crippen LogP contribution in [-0.4, -0.2) is 59.4 Å². The van der Waals surface area contributed by atoms with Crippen molar-refractivity contribution in [2.75, 3.05) is 26.7 Å². The van der Waals surface area contributed by atoms with Crippen LogP contribution in [-0.2, 0) is 33.5 Å². The number of carbonyl (C=O) groups excluding carboxylic acids is 2. The van der Waals surface area contributed by atoms with E-state index in [0.717, 1.165) is 57.5 Å². The average Bonchev–Trinajstić information content (AvgIpc) is 3.29. The van der Waals surface area contributed by atoms with Crippen LogP contribution >= 0.6 is 0 Å². The minimum absolute atomic E-state index is 0.0682. The Morgan fingerprint density at radius 2 is 1.91 bits per heavy atom. The van der Waals surface area contributed by atoms with E-state index < -0.39 is 17.2 Å². The van der Waals surface area contributed by atoms with Gasteiger partial charge in [0.2, 0.25) is 5.91 Å². The molecule has 0 bridgehead atoms. The number of likely N-dealkylation sites (tertiary alicyclic amines) is 1. The van der Waals surface area contributed by atoms with Gasteiger partial charge in [-0.2, -0.15) is 13.2 Å². The third-order valence-corrected chi connectivity index (χ3v) is 8.56. The van der Waals surface area contributed by atoms with E-state index in [0.29, 0.717) is 42.6 Å². The molecule has 1 saturated carbocycles. The van der Waals surface area contributed by atoms with Crippen molar-refractivity contribution < 1.29 is 27.5 Å². The number of halogens is 3. The number of fused-ring (bicyclic) bond motifs is 1. The lowest BCUT2D eigenvalue weighted by molar-refractivity contribution is -0.146. The molecule has 35 heavy (non-hydrogen) atoms. The van der Waals surface area contributed by atoms with Crippen molar-refractivity contribution in [3.05, 3.63) is 29.1 Å². The van der Waals surface area contributed by atoms with Crippen LogP contribution < -0.4 is 0 Å². The highest BCUT2D eigenvalue weighted by Crippen LogP contribution is 2.48. The molecule has 1 amide bonds. The number of methoxy groups -OCH3 is 1. The van der Waals surface area contributed by atoms with Gasteiger partial charge in [0.25, 0.3) is 0 Å². The molecule has 3 heterocycles. The molecular weight excluding hydrogens is 459 g/mol. The molecule has 6 nitrogen and oxygen atoms in total. The third-order valence-electron chi connectivity index (χ3n) is 8.56. The molecule has 9 heteroatoms. The zero-order valence-corrected chi connectivity index (χ0v) is 20.9. The monoisotopic (exact) mass is 495 g/mol. The van der Waals surface area contributed by atoms with Crippen molar-refractivity contribution in [1.29, 1.82) is 0 Å². The average molecular weight is 496 g/mol. The fraction of sp³-hybridized carbons (Fsp3) is 0.731. The lowest BCUT2D eigenvalue weighted by Crippen LogP contribution is -2.49. The first-order chi connectivity index (χ1) is 16.5. The summed E-state index contributed by atoms with van der Waals surface area (Å²) < 4.78 is 44.4. The summed E-state index contributed by atoms with van der Waals surface area (Å²) in [6.07, 6.45) is 1.79. The lowest BCUT2D eigenvalue weighted by atomic mass is 9.73. The molecule has 0 aromatic carbocycles. The van der Waals surface area contributed by atoms with E-state index in [1.807, 2.05) is 0 Å². The highest BCUT2D eigenvalue weighted by Gasteiger charge is 2.51. The Bertz CT molecular complexity index is 944. The summed E-state index contributed by atoms with van der Waals surface area (Å²) in [5.41, 5.74) is -0.110. The number of hydrogen-bond acceptors (Lipinski definition) is 5. The molecule has 1 unspecified atom stereocenters. The van der Waals surface area contributed by atoms with Gasteiger partial charge in [-0.3, -0.25) is 14.6 Å². The number of pyridine rings is 1. The van der Waals surface area contributed by atoms with Crippen LogP contribution in [0, 0.1) is 17.3 Å². The number of hydrogen-bond donors (Lipinski definition) is 0. The lowest BCUT2D eigenvalue weighted by Gasteiger charge is -2.41. The van der Waals surface area contributed by atoms with Crippen LogP contribution in [0.3, 0.4) is 0 Å². The minimum Gasteiger partial charge on any atom is -0.469 e. The van der Waals surface area contributed by atoms with Gasteiger partial charge in [-0.05, 0) is 68.7 Å². The highest BCUT2D eigenvalue weighted by molar-refractivity contribution is 5.83. The summed E-state index contributed by atoms with van der Waals surface area (Å²) >= 11 is 0. The second-order valence-corrected chi connectivity index (χ2v) is 10.8. The van der Waals surface area contributed by atoms with E-state index >= 15 is 0 Å². The van der Waals surface area contributed by atoms with Gasteiger partial charge in [0.15, 0.2) is 0 Å². The number of rotatable bonds is 5. The van der Waals surface area contributed by atoms with Crippen molar-refractivity contribution in [2.24, 2.45) is 17.3 Å². The number of ether oxygens (including phenoxy) is 1. The fourth-order valence-corrected chi connectivity index (χ4v) is 6.24. The van der Waals surface area contributed by atoms with Crippen molar-refractivity contribution >= 4 is 11.9 Å². The maximum atomic E-state index is 13.9. The molecule has 0 spiro atoms. The first-order valence-corrected chi connectivity index (χ1v) is 12.7. The molecule has 3 aliphatic rings. The van der Waals surface area contributed by atoms with Crippen LogP contribution in [0.5, 0.6) is 0 Å². The van der Waals surface area contributed by atoms with Gasteiger partial charge < -0.3 is 14.5 Å². The number of nitrogens with zero attached hydrogens (tertiary/aromatic N) is 3. The first-order valence-electron chi connectivity index (χ1n) is 12.7. The number of piperidine rings is 1. The van der Waals surface area contributed by atoms with E-state index in [4.69, 9.17) is 4.74 Å². The van der Waals surface area contributed by atoms with E-state index in [1.54, 1.807) is 4.90 Å². The van der Waals surface area contributed by atoms with Gasteiger partial charge in [-0.25, -0.2) is 0 Å². The van der Waals surface area contributed by atoms with Gasteiger partial charge in [-0.15, -0.1) is 0 Å². The minimum atomic E-state index is -4.45. The van der Waals surface area contributed by atoms with Crippen LogP contribution in [0.4, 0.5) is 13.2 Å². The SMILES string of the molecule is COC(=O)CC1CCN(C2CC[C@@](C(=O)N3CCc4ncc(C(F)(F)F)cc4C3)(C(C)C)C2)CC1. The predicted octanol–water partition coefficient (Wildman–Crippen LogP) is 4.46. The maximum Gasteiger partial charge on any atom is 0.417 e. The third kappa shape index (κ3) is 5.34. The maximum absolute atomic E-state index is 13.9. The summed E-state index contributed by atoms with van der Waals surface area (Å²) in [6.45, 7) is 6.68. The van der Waals surface area contributed by atoms with Crippen molar-refractivity contribution in [2.45, 2.75) is 77.6 Å². The van der Waals surface area contributed by atoms with Crippen LogP contribution in [0.2, 0.25) is 0 Å². The molecule has 1 aliphatic carbocycles. The molecule has 194 valence electrons. The Hall–Kier alpha value is -2.16. The van der Waals surface area contributed by atoms with Crippen molar-refractivity contribution in [1.82, 2.24) is 14.8 Å². The zero-order chi connectivity index (χ0) is 25.4. The summed E-state index contributed by atoms with van der Waals surface area (Å²) in [5, 5.41) is 0. The second-order valence-electron chi connectivity index (χ2n) is 10.8. The Labute approximate surface area is 205 Å². The number of aromatic nitrogens is 1. The van der Waals surface area contributed by atoms with Gasteiger partial charge >= 0.3 is 12.1 Å². The zero-order valence-electron chi connectivity index (χ0n) is 20.9. The summed E-state index contributed by atoms with van der Waals surface area (Å²) in [6, 6.07) is 1.47. The van der Waals surface area contributed by atoms with E-state index in [-0.39, 0.29) is 24.3 Å². The van der Waals surface area contributed by atoms with Crippen molar-refractivity contribution in [3.63, 3.8) is 0 Å². The summed E-state index contributed by atoms with van der Waals surface area (Å²) in [4.78, 5) is 33.8. The Kier molecular flexibility index (Phi) is 7.46. The fourth-order valence-electron chi connectivity index (χ4n) is 6.24. The normalized spacial score (nSPS) is 26.1. The molecule has 0 radical (unpaired) electrons. The molecule has 1 aromatic heterocycles. The molecule has 4 rings (SSSR count). The number of carbonyl (C=O) groups is 2. The first kappa shape index (κ1) is 25.9. The van der Waals surface area contributed by atoms with Gasteiger partial charge in [0.1, 0.15) is 0 Å².